The van der Waals surface area contributed by atoms with E-state index in [0.29, 0.717) is 16.0 Å². The van der Waals surface area contributed by atoms with Crippen LogP contribution < -0.4 is 5.32 Å². The van der Waals surface area contributed by atoms with E-state index in [0.717, 1.165) is 41.4 Å². The first-order valence-electron chi connectivity index (χ1n) is 7.57. The van der Waals surface area contributed by atoms with Gasteiger partial charge in [-0.1, -0.05) is 29.3 Å². The Balaban J connectivity index is 1.74. The Kier molecular flexibility index (Phi) is 5.27. The molecule has 0 aliphatic carbocycles. The summed E-state index contributed by atoms with van der Waals surface area (Å²) in [6.07, 6.45) is 1.07. The highest BCUT2D eigenvalue weighted by Crippen LogP contribution is 2.33. The van der Waals surface area contributed by atoms with Gasteiger partial charge in [0.2, 0.25) is 0 Å². The fourth-order valence-electron chi connectivity index (χ4n) is 2.89. The highest BCUT2D eigenvalue weighted by atomic mass is 35.5. The zero-order chi connectivity index (χ0) is 16.4. The maximum absolute atomic E-state index is 12.6. The van der Waals surface area contributed by atoms with Crippen LogP contribution in [0.15, 0.2) is 30.3 Å². The van der Waals surface area contributed by atoms with Gasteiger partial charge in [0.15, 0.2) is 0 Å². The fraction of sp³-hybridized carbons (Fsp3) is 0.353. The van der Waals surface area contributed by atoms with Gasteiger partial charge in [-0.15, -0.1) is 11.3 Å². The molecule has 6 heteroatoms. The molecule has 122 valence electrons. The van der Waals surface area contributed by atoms with Crippen LogP contribution in [0.25, 0.3) is 10.4 Å². The summed E-state index contributed by atoms with van der Waals surface area (Å²) in [6, 6.07) is 9.41. The third-order valence-electron chi connectivity index (χ3n) is 4.09. The largest absolute Gasteiger partial charge is 0.338 e. The number of benzene rings is 1. The van der Waals surface area contributed by atoms with E-state index in [9.17, 15) is 4.79 Å². The summed E-state index contributed by atoms with van der Waals surface area (Å²) in [4.78, 5) is 16.4. The molecule has 1 fully saturated rings. The van der Waals surface area contributed by atoms with Crippen molar-refractivity contribution in [3.63, 3.8) is 0 Å². The molecular formula is C17H18Cl2N2OS. The number of nitrogens with zero attached hydrogens (tertiary/aromatic N) is 1. The summed E-state index contributed by atoms with van der Waals surface area (Å²) < 4.78 is 0. The number of rotatable bonds is 4. The maximum atomic E-state index is 12.6. The number of hydrogen-bond donors (Lipinski definition) is 1. The molecule has 2 aromatic rings. The molecule has 0 radical (unpaired) electrons. The Morgan fingerprint density at radius 1 is 1.30 bits per heavy atom. The van der Waals surface area contributed by atoms with Gasteiger partial charge in [-0.05, 0) is 55.8 Å². The third kappa shape index (κ3) is 3.72. The molecular weight excluding hydrogens is 351 g/mol. The highest BCUT2D eigenvalue weighted by Gasteiger charge is 2.27. The molecule has 1 unspecified atom stereocenters. The molecule has 1 N–H and O–H groups in total. The molecule has 0 saturated carbocycles. The fourth-order valence-corrected chi connectivity index (χ4v) is 4.15. The zero-order valence-electron chi connectivity index (χ0n) is 12.8. The molecule has 23 heavy (non-hydrogen) atoms. The molecule has 1 aromatic heterocycles. The van der Waals surface area contributed by atoms with Gasteiger partial charge in [0.05, 0.1) is 14.9 Å². The van der Waals surface area contributed by atoms with Gasteiger partial charge in [0.1, 0.15) is 0 Å². The minimum Gasteiger partial charge on any atom is -0.338 e. The summed E-state index contributed by atoms with van der Waals surface area (Å²) in [5.41, 5.74) is 0.984. The molecule has 0 bridgehead atoms. The van der Waals surface area contributed by atoms with E-state index >= 15 is 0 Å². The van der Waals surface area contributed by atoms with E-state index < -0.39 is 0 Å². The van der Waals surface area contributed by atoms with E-state index in [4.69, 9.17) is 23.2 Å². The van der Waals surface area contributed by atoms with Crippen molar-refractivity contribution in [2.45, 2.75) is 6.42 Å². The van der Waals surface area contributed by atoms with Gasteiger partial charge in [0, 0.05) is 18.0 Å². The van der Waals surface area contributed by atoms with Crippen molar-refractivity contribution in [1.29, 1.82) is 0 Å². The number of nitrogens with one attached hydrogen (secondary N) is 1. The number of halogens is 2. The molecule has 2 heterocycles. The van der Waals surface area contributed by atoms with Crippen molar-refractivity contribution in [3.05, 3.63) is 45.3 Å². The van der Waals surface area contributed by atoms with Crippen LogP contribution >= 0.6 is 34.5 Å². The number of likely N-dealkylation sites (tertiary alicyclic amines) is 1. The molecule has 1 aromatic carbocycles. The van der Waals surface area contributed by atoms with Crippen molar-refractivity contribution in [1.82, 2.24) is 10.2 Å². The Morgan fingerprint density at radius 3 is 2.87 bits per heavy atom. The summed E-state index contributed by atoms with van der Waals surface area (Å²) in [6.45, 7) is 2.63. The minimum absolute atomic E-state index is 0.125. The standard InChI is InChI=1S/C17H18Cl2N2OS/c1-20-9-11-6-7-21(10-11)17(22)16-5-4-15(23-16)12-2-3-13(18)14(19)8-12/h2-5,8,11,20H,6-7,9-10H2,1H3. The molecule has 1 amide bonds. The number of hydrogen-bond acceptors (Lipinski definition) is 3. The van der Waals surface area contributed by atoms with E-state index in [2.05, 4.69) is 5.32 Å². The molecule has 0 spiro atoms. The minimum atomic E-state index is 0.125. The van der Waals surface area contributed by atoms with Gasteiger partial charge in [-0.25, -0.2) is 0 Å². The predicted molar refractivity (Wildman–Crippen MR) is 97.7 cm³/mol. The molecule has 1 aliphatic rings. The highest BCUT2D eigenvalue weighted by molar-refractivity contribution is 7.17. The quantitative estimate of drug-likeness (QED) is 0.866. The van der Waals surface area contributed by atoms with Crippen LogP contribution in [0.4, 0.5) is 0 Å². The first-order valence-corrected chi connectivity index (χ1v) is 9.15. The van der Waals surface area contributed by atoms with Crippen LogP contribution in [0, 0.1) is 5.92 Å². The van der Waals surface area contributed by atoms with Crippen LogP contribution in [0.3, 0.4) is 0 Å². The first kappa shape index (κ1) is 16.8. The lowest BCUT2D eigenvalue weighted by Crippen LogP contribution is -2.29. The molecule has 3 rings (SSSR count). The number of carbonyl (C=O) groups excluding carboxylic acids is 1. The van der Waals surface area contributed by atoms with Gasteiger partial charge in [0.25, 0.3) is 5.91 Å². The molecule has 1 aliphatic heterocycles. The SMILES string of the molecule is CNCC1CCN(C(=O)c2ccc(-c3ccc(Cl)c(Cl)c3)s2)C1. The van der Waals surface area contributed by atoms with Gasteiger partial charge in [-0.2, -0.15) is 0 Å². The lowest BCUT2D eigenvalue weighted by Gasteiger charge is -2.15. The lowest BCUT2D eigenvalue weighted by atomic mass is 10.1. The Bertz CT molecular complexity index is 716. The molecule has 1 atom stereocenters. The second-order valence-corrected chi connectivity index (χ2v) is 7.65. The van der Waals surface area contributed by atoms with E-state index in [-0.39, 0.29) is 5.91 Å². The second-order valence-electron chi connectivity index (χ2n) is 5.76. The van der Waals surface area contributed by atoms with Crippen LogP contribution in [-0.4, -0.2) is 37.5 Å². The number of carbonyl (C=O) groups is 1. The van der Waals surface area contributed by atoms with E-state index in [1.807, 2.05) is 36.2 Å². The van der Waals surface area contributed by atoms with E-state index in [1.165, 1.54) is 11.3 Å². The summed E-state index contributed by atoms with van der Waals surface area (Å²) >= 11 is 13.5. The van der Waals surface area contributed by atoms with E-state index in [1.54, 1.807) is 6.07 Å². The van der Waals surface area contributed by atoms with Crippen molar-refractivity contribution in [2.24, 2.45) is 5.92 Å². The maximum Gasteiger partial charge on any atom is 0.263 e. The smallest absolute Gasteiger partial charge is 0.263 e. The Labute approximate surface area is 150 Å². The average molecular weight is 369 g/mol. The topological polar surface area (TPSA) is 32.3 Å². The summed E-state index contributed by atoms with van der Waals surface area (Å²) in [5.74, 6) is 0.679. The average Bonchev–Trinajstić information content (AvgIpc) is 3.19. The zero-order valence-corrected chi connectivity index (χ0v) is 15.1. The number of amides is 1. The van der Waals surface area contributed by atoms with Gasteiger partial charge < -0.3 is 10.2 Å². The molecule has 1 saturated heterocycles. The van der Waals surface area contributed by atoms with Crippen LogP contribution in [0.5, 0.6) is 0 Å². The van der Waals surface area contributed by atoms with Crippen molar-refractivity contribution in [3.8, 4) is 10.4 Å². The van der Waals surface area contributed by atoms with Crippen LogP contribution in [-0.2, 0) is 0 Å². The predicted octanol–water partition coefficient (Wildman–Crippen LogP) is 4.40. The normalized spacial score (nSPS) is 17.7. The third-order valence-corrected chi connectivity index (χ3v) is 5.95. The Hall–Kier alpha value is -1.07. The number of thiophene rings is 1. The van der Waals surface area contributed by atoms with Crippen molar-refractivity contribution >= 4 is 40.4 Å². The van der Waals surface area contributed by atoms with Crippen LogP contribution in [0.2, 0.25) is 10.0 Å². The van der Waals surface area contributed by atoms with Crippen molar-refractivity contribution in [2.75, 3.05) is 26.7 Å². The monoisotopic (exact) mass is 368 g/mol. The summed E-state index contributed by atoms with van der Waals surface area (Å²) in [7, 11) is 1.95. The molecule has 3 nitrogen and oxygen atoms in total. The van der Waals surface area contributed by atoms with Crippen molar-refractivity contribution < 1.29 is 4.79 Å². The first-order chi connectivity index (χ1) is 11.1. The lowest BCUT2D eigenvalue weighted by molar-refractivity contribution is 0.0792. The van der Waals surface area contributed by atoms with Crippen LogP contribution in [0.1, 0.15) is 16.1 Å². The van der Waals surface area contributed by atoms with Gasteiger partial charge >= 0.3 is 0 Å². The van der Waals surface area contributed by atoms with Gasteiger partial charge in [-0.3, -0.25) is 4.79 Å². The summed E-state index contributed by atoms with van der Waals surface area (Å²) in [5, 5.41) is 4.25. The second kappa shape index (κ2) is 7.22. The Morgan fingerprint density at radius 2 is 2.13 bits per heavy atom.